The van der Waals surface area contributed by atoms with E-state index in [9.17, 15) is 14.3 Å². The molecule has 9 heteroatoms. The van der Waals surface area contributed by atoms with Crippen molar-refractivity contribution in [2.75, 3.05) is 54.1 Å². The topological polar surface area (TPSA) is 91.3 Å². The molecular formula is C52H93NO7P+. The fraction of sp³-hybridized carbons (Fsp3) is 0.712. The molecule has 0 heterocycles. The second-order valence-electron chi connectivity index (χ2n) is 17.1. The molecule has 0 aliphatic heterocycles. The van der Waals surface area contributed by atoms with E-state index in [0.717, 1.165) is 89.9 Å². The van der Waals surface area contributed by atoms with Crippen LogP contribution in [0.5, 0.6) is 0 Å². The normalized spacial score (nSPS) is 14.4. The maximum Gasteiger partial charge on any atom is 0.472 e. The third-order valence-electron chi connectivity index (χ3n) is 9.94. The molecule has 0 saturated carbocycles. The zero-order valence-electron chi connectivity index (χ0n) is 39.9. The van der Waals surface area contributed by atoms with Crippen molar-refractivity contribution in [2.24, 2.45) is 0 Å². The summed E-state index contributed by atoms with van der Waals surface area (Å²) in [6, 6.07) is 0. The largest absolute Gasteiger partial charge is 0.472 e. The predicted molar refractivity (Wildman–Crippen MR) is 261 cm³/mol. The van der Waals surface area contributed by atoms with Crippen LogP contribution >= 0.6 is 7.82 Å². The molecule has 2 unspecified atom stereocenters. The Labute approximate surface area is 375 Å². The highest BCUT2D eigenvalue weighted by molar-refractivity contribution is 7.47. The Hall–Kier alpha value is -2.32. The van der Waals surface area contributed by atoms with Crippen LogP contribution in [0.1, 0.15) is 181 Å². The van der Waals surface area contributed by atoms with E-state index < -0.39 is 13.9 Å². The number of nitrogens with zero attached hydrogens (tertiary/aromatic N) is 1. The number of ether oxygens (including phenoxy) is 2. The number of carbonyl (C=O) groups excluding carboxylic acids is 1. The molecule has 61 heavy (non-hydrogen) atoms. The first-order chi connectivity index (χ1) is 29.6. The van der Waals surface area contributed by atoms with Crippen molar-refractivity contribution in [3.63, 3.8) is 0 Å². The summed E-state index contributed by atoms with van der Waals surface area (Å²) < 4.78 is 35.1. The Kier molecular flexibility index (Phi) is 42.6. The first kappa shape index (κ1) is 58.7. The second kappa shape index (κ2) is 44.3. The number of allylic oxidation sites excluding steroid dienone is 14. The van der Waals surface area contributed by atoms with Crippen LogP contribution in [0, 0.1) is 0 Å². The average Bonchev–Trinajstić information content (AvgIpc) is 3.22. The van der Waals surface area contributed by atoms with Gasteiger partial charge in [-0.25, -0.2) is 4.57 Å². The lowest BCUT2D eigenvalue weighted by Gasteiger charge is -2.24. The number of unbranched alkanes of at least 4 members (excludes halogenated alkanes) is 16. The SMILES string of the molecule is CC/C=C\C/C=C\C/C=C\C/C=C\CCCCCCC(=O)OC(COCCCCCCCCC/C=C\C/C=C\C/C=C\CCCCCCC)COP(=O)(O)OCC[N+](C)(C)C. The van der Waals surface area contributed by atoms with Gasteiger partial charge >= 0.3 is 13.8 Å². The van der Waals surface area contributed by atoms with Crippen LogP contribution in [0.4, 0.5) is 0 Å². The number of carbonyl (C=O) groups is 1. The number of hydrogen-bond donors (Lipinski definition) is 1. The van der Waals surface area contributed by atoms with Gasteiger partial charge in [-0.2, -0.15) is 0 Å². The lowest BCUT2D eigenvalue weighted by atomic mass is 10.1. The molecule has 0 saturated heterocycles. The van der Waals surface area contributed by atoms with Gasteiger partial charge < -0.3 is 18.9 Å². The summed E-state index contributed by atoms with van der Waals surface area (Å²) >= 11 is 0. The Balaban J connectivity index is 4.25. The van der Waals surface area contributed by atoms with Crippen LogP contribution in [0.25, 0.3) is 0 Å². The molecule has 1 N–H and O–H groups in total. The molecule has 0 radical (unpaired) electrons. The highest BCUT2D eigenvalue weighted by Gasteiger charge is 2.26. The van der Waals surface area contributed by atoms with Crippen molar-refractivity contribution in [1.82, 2.24) is 0 Å². The molecule has 8 nitrogen and oxygen atoms in total. The summed E-state index contributed by atoms with van der Waals surface area (Å²) in [6.07, 6.45) is 59.1. The van der Waals surface area contributed by atoms with Crippen molar-refractivity contribution >= 4 is 13.8 Å². The van der Waals surface area contributed by atoms with Crippen LogP contribution in [0.3, 0.4) is 0 Å². The molecule has 0 aliphatic rings. The molecule has 0 spiro atoms. The maximum absolute atomic E-state index is 12.7. The zero-order chi connectivity index (χ0) is 44.8. The van der Waals surface area contributed by atoms with Gasteiger partial charge in [0.1, 0.15) is 19.3 Å². The van der Waals surface area contributed by atoms with Crippen LogP contribution in [0.2, 0.25) is 0 Å². The number of phosphoric acid groups is 1. The number of likely N-dealkylation sites (N-methyl/N-ethyl adjacent to an activating group) is 1. The third-order valence-corrected chi connectivity index (χ3v) is 10.9. The van der Waals surface area contributed by atoms with Crippen LogP contribution < -0.4 is 0 Å². The zero-order valence-corrected chi connectivity index (χ0v) is 40.8. The van der Waals surface area contributed by atoms with E-state index in [-0.39, 0.29) is 25.8 Å². The lowest BCUT2D eigenvalue weighted by Crippen LogP contribution is -2.37. The fourth-order valence-corrected chi connectivity index (χ4v) is 6.94. The van der Waals surface area contributed by atoms with E-state index in [1.807, 2.05) is 21.1 Å². The van der Waals surface area contributed by atoms with E-state index >= 15 is 0 Å². The minimum absolute atomic E-state index is 0.0766. The number of rotatable bonds is 44. The van der Waals surface area contributed by atoms with Gasteiger partial charge in [-0.15, -0.1) is 0 Å². The van der Waals surface area contributed by atoms with Crippen LogP contribution in [-0.2, 0) is 27.9 Å². The van der Waals surface area contributed by atoms with Crippen molar-refractivity contribution in [2.45, 2.75) is 187 Å². The first-order valence-corrected chi connectivity index (χ1v) is 25.8. The number of hydrogen-bond acceptors (Lipinski definition) is 6. The Morgan fingerprint density at radius 1 is 0.525 bits per heavy atom. The minimum Gasteiger partial charge on any atom is -0.457 e. The maximum atomic E-state index is 12.7. The summed E-state index contributed by atoms with van der Waals surface area (Å²) in [5, 5.41) is 0. The summed E-state index contributed by atoms with van der Waals surface area (Å²) in [5.74, 6) is -0.343. The standard InChI is InChI=1S/C52H92NO7P/c1-6-8-10-12-14-16-18-20-22-24-25-26-27-28-30-32-34-36-38-40-42-44-47-57-49-51(50-59-61(55,56)58-48-46-53(3,4)5)60-52(54)45-43-41-39-37-35-33-31-29-23-21-19-17-15-13-11-9-7-2/h9,11,15,17-18,20-21,23-25,27-28,31,33,51H,6-8,10,12-14,16,19,22,26,29-30,32,34-50H2,1-5H3/p+1/b11-9-,17-15-,20-18-,23-21-,25-24-,28-27-,33-31-. The molecule has 0 amide bonds. The van der Waals surface area contributed by atoms with Gasteiger partial charge in [0.15, 0.2) is 0 Å². The summed E-state index contributed by atoms with van der Waals surface area (Å²) in [4.78, 5) is 23.0. The van der Waals surface area contributed by atoms with Crippen molar-refractivity contribution in [1.29, 1.82) is 0 Å². The molecule has 0 fully saturated rings. The Morgan fingerprint density at radius 3 is 1.43 bits per heavy atom. The molecule has 2 atom stereocenters. The quantitative estimate of drug-likeness (QED) is 0.0214. The monoisotopic (exact) mass is 875 g/mol. The van der Waals surface area contributed by atoms with Gasteiger partial charge in [0, 0.05) is 13.0 Å². The van der Waals surface area contributed by atoms with Gasteiger partial charge in [-0.05, 0) is 89.9 Å². The molecule has 0 rings (SSSR count). The highest BCUT2D eigenvalue weighted by atomic mass is 31.2. The van der Waals surface area contributed by atoms with Crippen LogP contribution in [-0.4, -0.2) is 75.6 Å². The predicted octanol–water partition coefficient (Wildman–Crippen LogP) is 14.8. The summed E-state index contributed by atoms with van der Waals surface area (Å²) in [5.41, 5.74) is 0. The van der Waals surface area contributed by atoms with Crippen LogP contribution in [0.15, 0.2) is 85.1 Å². The summed E-state index contributed by atoms with van der Waals surface area (Å²) in [7, 11) is 1.63. The second-order valence-corrected chi connectivity index (χ2v) is 18.6. The molecule has 0 aliphatic carbocycles. The van der Waals surface area contributed by atoms with Gasteiger partial charge in [0.05, 0.1) is 34.4 Å². The molecule has 0 aromatic rings. The molecule has 0 aromatic heterocycles. The van der Waals surface area contributed by atoms with Crippen molar-refractivity contribution < 1.29 is 37.3 Å². The van der Waals surface area contributed by atoms with E-state index in [2.05, 4.69) is 98.9 Å². The molecule has 0 aromatic carbocycles. The molecule has 0 bridgehead atoms. The minimum atomic E-state index is -4.29. The fourth-order valence-electron chi connectivity index (χ4n) is 6.20. The Morgan fingerprint density at radius 2 is 0.951 bits per heavy atom. The van der Waals surface area contributed by atoms with E-state index in [4.69, 9.17) is 18.5 Å². The van der Waals surface area contributed by atoms with Gasteiger partial charge in [-0.1, -0.05) is 170 Å². The number of quaternary nitrogens is 1. The smallest absolute Gasteiger partial charge is 0.457 e. The van der Waals surface area contributed by atoms with Gasteiger partial charge in [0.25, 0.3) is 0 Å². The van der Waals surface area contributed by atoms with Gasteiger partial charge in [-0.3, -0.25) is 13.8 Å². The number of esters is 1. The first-order valence-electron chi connectivity index (χ1n) is 24.3. The van der Waals surface area contributed by atoms with Gasteiger partial charge in [0.2, 0.25) is 0 Å². The van der Waals surface area contributed by atoms with E-state index in [1.165, 1.54) is 70.6 Å². The Bertz CT molecular complexity index is 1250. The molecule has 352 valence electrons. The number of phosphoric ester groups is 1. The van der Waals surface area contributed by atoms with Crippen molar-refractivity contribution in [3.05, 3.63) is 85.1 Å². The van der Waals surface area contributed by atoms with E-state index in [1.54, 1.807) is 0 Å². The molecular weight excluding hydrogens is 782 g/mol. The third kappa shape index (κ3) is 48.6. The summed E-state index contributed by atoms with van der Waals surface area (Å²) in [6.45, 7) is 5.42. The lowest BCUT2D eigenvalue weighted by molar-refractivity contribution is -0.870. The average molecular weight is 875 g/mol. The van der Waals surface area contributed by atoms with E-state index in [0.29, 0.717) is 24.1 Å². The van der Waals surface area contributed by atoms with Crippen molar-refractivity contribution in [3.8, 4) is 0 Å². The highest BCUT2D eigenvalue weighted by Crippen LogP contribution is 2.43.